The van der Waals surface area contributed by atoms with E-state index in [0.29, 0.717) is 12.4 Å². The fourth-order valence-corrected chi connectivity index (χ4v) is 3.18. The molecule has 1 amide bonds. The first-order chi connectivity index (χ1) is 12.8. The number of hydrogen-bond donors (Lipinski definition) is 1. The predicted octanol–water partition coefficient (Wildman–Crippen LogP) is 2.52. The summed E-state index contributed by atoms with van der Waals surface area (Å²) in [6, 6.07) is 11.4. The summed E-state index contributed by atoms with van der Waals surface area (Å²) < 4.78 is 1.68. The van der Waals surface area contributed by atoms with Gasteiger partial charge < -0.3 is 10.2 Å². The molecular weight excluding hydrogens is 328 g/mol. The summed E-state index contributed by atoms with van der Waals surface area (Å²) in [5, 5.41) is 7.20. The molecule has 1 N–H and O–H groups in total. The number of carbonyl (C=O) groups is 1. The standard InChI is InChI=1S/C19H20N6O/c26-19(22-16-7-2-1-3-8-16)15-6-4-10-24(14-15)17-12-20-13-18(23-17)25-11-5-9-21-25/h1-3,5,7-9,11-13,15H,4,6,10,14H2,(H,22,26)/t15-/m0/s1. The van der Waals surface area contributed by atoms with Crippen LogP contribution < -0.4 is 10.2 Å². The quantitative estimate of drug-likeness (QED) is 0.784. The third kappa shape index (κ3) is 3.56. The van der Waals surface area contributed by atoms with Crippen LogP contribution in [0.4, 0.5) is 11.5 Å². The van der Waals surface area contributed by atoms with E-state index in [4.69, 9.17) is 0 Å². The van der Waals surface area contributed by atoms with Crippen LogP contribution in [-0.2, 0) is 4.79 Å². The van der Waals surface area contributed by atoms with Gasteiger partial charge in [-0.05, 0) is 31.0 Å². The number of amides is 1. The van der Waals surface area contributed by atoms with Crippen LogP contribution in [-0.4, -0.2) is 38.7 Å². The zero-order valence-corrected chi connectivity index (χ0v) is 14.3. The SMILES string of the molecule is O=C(Nc1ccccc1)[C@H]1CCCN(c2cncc(-n3cccn3)n2)C1. The van der Waals surface area contributed by atoms with E-state index in [1.807, 2.05) is 42.6 Å². The van der Waals surface area contributed by atoms with Crippen LogP contribution in [0, 0.1) is 5.92 Å². The smallest absolute Gasteiger partial charge is 0.229 e. The van der Waals surface area contributed by atoms with Gasteiger partial charge in [-0.2, -0.15) is 5.10 Å². The molecule has 132 valence electrons. The molecule has 1 fully saturated rings. The minimum Gasteiger partial charge on any atom is -0.354 e. The number of nitrogens with one attached hydrogen (secondary N) is 1. The average Bonchev–Trinajstić information content (AvgIpc) is 3.24. The highest BCUT2D eigenvalue weighted by molar-refractivity contribution is 5.93. The maximum Gasteiger partial charge on any atom is 0.229 e. The van der Waals surface area contributed by atoms with Gasteiger partial charge in [-0.15, -0.1) is 0 Å². The second-order valence-electron chi connectivity index (χ2n) is 6.33. The molecule has 1 aliphatic heterocycles. The van der Waals surface area contributed by atoms with Crippen LogP contribution in [0.3, 0.4) is 0 Å². The first kappa shape index (κ1) is 16.3. The molecule has 0 unspecified atom stereocenters. The van der Waals surface area contributed by atoms with Crippen LogP contribution in [0.1, 0.15) is 12.8 Å². The molecule has 2 aromatic heterocycles. The van der Waals surface area contributed by atoms with Crippen molar-refractivity contribution < 1.29 is 4.79 Å². The summed E-state index contributed by atoms with van der Waals surface area (Å²) in [4.78, 5) is 23.7. The molecule has 7 heteroatoms. The summed E-state index contributed by atoms with van der Waals surface area (Å²) in [6.07, 6.45) is 8.78. The summed E-state index contributed by atoms with van der Waals surface area (Å²) in [7, 11) is 0. The highest BCUT2D eigenvalue weighted by Crippen LogP contribution is 2.23. The number of para-hydroxylation sites is 1. The van der Waals surface area contributed by atoms with Gasteiger partial charge in [0.25, 0.3) is 0 Å². The summed E-state index contributed by atoms with van der Waals surface area (Å²) in [5.74, 6) is 1.43. The van der Waals surface area contributed by atoms with Crippen molar-refractivity contribution in [2.45, 2.75) is 12.8 Å². The zero-order chi connectivity index (χ0) is 17.8. The van der Waals surface area contributed by atoms with Crippen LogP contribution in [0.15, 0.2) is 61.2 Å². The van der Waals surface area contributed by atoms with E-state index < -0.39 is 0 Å². The van der Waals surface area contributed by atoms with Crippen molar-refractivity contribution in [2.24, 2.45) is 5.92 Å². The summed E-state index contributed by atoms with van der Waals surface area (Å²) in [6.45, 7) is 1.50. The molecule has 26 heavy (non-hydrogen) atoms. The molecule has 3 heterocycles. The minimum absolute atomic E-state index is 0.0529. The fourth-order valence-electron chi connectivity index (χ4n) is 3.18. The van der Waals surface area contributed by atoms with Crippen LogP contribution >= 0.6 is 0 Å². The van der Waals surface area contributed by atoms with E-state index in [1.54, 1.807) is 23.3 Å². The Labute approximate surface area is 151 Å². The lowest BCUT2D eigenvalue weighted by Crippen LogP contribution is -2.41. The molecule has 1 atom stereocenters. The van der Waals surface area contributed by atoms with E-state index in [9.17, 15) is 4.79 Å². The first-order valence-electron chi connectivity index (χ1n) is 8.72. The number of carbonyl (C=O) groups excluding carboxylic acids is 1. The Morgan fingerprint density at radius 3 is 2.77 bits per heavy atom. The van der Waals surface area contributed by atoms with Crippen molar-refractivity contribution in [2.75, 3.05) is 23.3 Å². The van der Waals surface area contributed by atoms with Gasteiger partial charge in [-0.3, -0.25) is 9.78 Å². The molecule has 0 saturated carbocycles. The number of aromatic nitrogens is 4. The van der Waals surface area contributed by atoms with Gasteiger partial charge in [0.15, 0.2) is 5.82 Å². The van der Waals surface area contributed by atoms with Gasteiger partial charge in [0.1, 0.15) is 5.82 Å². The van der Waals surface area contributed by atoms with Crippen molar-refractivity contribution in [3.63, 3.8) is 0 Å². The van der Waals surface area contributed by atoms with Gasteiger partial charge in [0, 0.05) is 31.2 Å². The first-order valence-corrected chi connectivity index (χ1v) is 8.72. The lowest BCUT2D eigenvalue weighted by molar-refractivity contribution is -0.120. The topological polar surface area (TPSA) is 75.9 Å². The lowest BCUT2D eigenvalue weighted by atomic mass is 9.97. The Kier molecular flexibility index (Phi) is 4.59. The van der Waals surface area contributed by atoms with Crippen LogP contribution in [0.25, 0.3) is 5.82 Å². The number of nitrogens with zero attached hydrogens (tertiary/aromatic N) is 5. The van der Waals surface area contributed by atoms with Crippen LogP contribution in [0.2, 0.25) is 0 Å². The predicted molar refractivity (Wildman–Crippen MR) is 99.2 cm³/mol. The molecule has 0 radical (unpaired) electrons. The number of benzene rings is 1. The highest BCUT2D eigenvalue weighted by atomic mass is 16.1. The third-order valence-corrected chi connectivity index (χ3v) is 4.51. The molecule has 0 bridgehead atoms. The third-order valence-electron chi connectivity index (χ3n) is 4.51. The number of rotatable bonds is 4. The second-order valence-corrected chi connectivity index (χ2v) is 6.33. The van der Waals surface area contributed by atoms with Crippen molar-refractivity contribution in [1.29, 1.82) is 0 Å². The normalized spacial score (nSPS) is 17.1. The van der Waals surface area contributed by atoms with Gasteiger partial charge >= 0.3 is 0 Å². The Morgan fingerprint density at radius 2 is 1.96 bits per heavy atom. The Hall–Kier alpha value is -3.22. The molecule has 4 rings (SSSR count). The van der Waals surface area contributed by atoms with E-state index in [0.717, 1.165) is 30.9 Å². The van der Waals surface area contributed by atoms with Crippen LogP contribution in [0.5, 0.6) is 0 Å². The molecule has 1 saturated heterocycles. The molecule has 1 aliphatic rings. The fraction of sp³-hybridized carbons (Fsp3) is 0.263. The molecule has 1 aromatic carbocycles. The Balaban J connectivity index is 1.47. The second kappa shape index (κ2) is 7.35. The van der Waals surface area contributed by atoms with Crippen molar-refractivity contribution >= 4 is 17.4 Å². The summed E-state index contributed by atoms with van der Waals surface area (Å²) >= 11 is 0. The molecule has 3 aromatic rings. The van der Waals surface area contributed by atoms with E-state index in [1.165, 1.54) is 0 Å². The van der Waals surface area contributed by atoms with E-state index >= 15 is 0 Å². The van der Waals surface area contributed by atoms with E-state index in [2.05, 4.69) is 25.3 Å². The van der Waals surface area contributed by atoms with Gasteiger partial charge in [0.2, 0.25) is 5.91 Å². The van der Waals surface area contributed by atoms with Gasteiger partial charge in [-0.1, -0.05) is 18.2 Å². The lowest BCUT2D eigenvalue weighted by Gasteiger charge is -2.32. The van der Waals surface area contributed by atoms with Crippen molar-refractivity contribution in [3.8, 4) is 5.82 Å². The number of piperidine rings is 1. The molecule has 0 spiro atoms. The van der Waals surface area contributed by atoms with Crippen molar-refractivity contribution in [1.82, 2.24) is 19.7 Å². The van der Waals surface area contributed by atoms with E-state index in [-0.39, 0.29) is 11.8 Å². The highest BCUT2D eigenvalue weighted by Gasteiger charge is 2.27. The van der Waals surface area contributed by atoms with Gasteiger partial charge in [-0.25, -0.2) is 9.67 Å². The summed E-state index contributed by atoms with van der Waals surface area (Å²) in [5.41, 5.74) is 0.829. The Morgan fingerprint density at radius 1 is 1.12 bits per heavy atom. The molecular formula is C19H20N6O. The maximum atomic E-state index is 12.6. The zero-order valence-electron chi connectivity index (χ0n) is 14.3. The monoisotopic (exact) mass is 348 g/mol. The number of anilines is 2. The van der Waals surface area contributed by atoms with Gasteiger partial charge in [0.05, 0.1) is 18.3 Å². The minimum atomic E-state index is -0.0703. The molecule has 7 nitrogen and oxygen atoms in total. The largest absolute Gasteiger partial charge is 0.354 e. The van der Waals surface area contributed by atoms with Crippen molar-refractivity contribution in [3.05, 3.63) is 61.2 Å². The average molecular weight is 348 g/mol. The number of hydrogen-bond acceptors (Lipinski definition) is 5. The maximum absolute atomic E-state index is 12.6. The Bertz CT molecular complexity index is 865. The molecule has 0 aliphatic carbocycles.